The highest BCUT2D eigenvalue weighted by atomic mass is 79.9. The molecular formula is C21H23BrClN3O4. The molecule has 0 aliphatic heterocycles. The molecule has 3 aromatic rings. The molecule has 2 N–H and O–H groups in total. The number of aromatic nitrogens is 1. The van der Waals surface area contributed by atoms with Crippen LogP contribution in [0.5, 0.6) is 11.5 Å². The highest BCUT2D eigenvalue weighted by Gasteiger charge is 2.09. The van der Waals surface area contributed by atoms with Gasteiger partial charge in [-0.1, -0.05) is 27.2 Å². The van der Waals surface area contributed by atoms with Crippen LogP contribution in [0.25, 0.3) is 0 Å². The Labute approximate surface area is 189 Å². The van der Waals surface area contributed by atoms with Gasteiger partial charge in [-0.3, -0.25) is 4.79 Å². The van der Waals surface area contributed by atoms with Gasteiger partial charge >= 0.3 is 0 Å². The number of carbonyl (C=O) groups is 1. The number of anilines is 1. The molecule has 2 aromatic carbocycles. The van der Waals surface area contributed by atoms with Crippen molar-refractivity contribution in [3.8, 4) is 11.5 Å². The molecule has 0 saturated carbocycles. The van der Waals surface area contributed by atoms with Crippen LogP contribution in [-0.2, 0) is 17.9 Å². The van der Waals surface area contributed by atoms with Gasteiger partial charge in [-0.25, -0.2) is 0 Å². The van der Waals surface area contributed by atoms with Gasteiger partial charge in [0.15, 0.2) is 18.1 Å². The van der Waals surface area contributed by atoms with Crippen molar-refractivity contribution >= 4 is 39.9 Å². The zero-order valence-corrected chi connectivity index (χ0v) is 19.0. The number of nitrogens with zero attached hydrogens (tertiary/aromatic N) is 1. The maximum atomic E-state index is 12.1. The van der Waals surface area contributed by atoms with Gasteiger partial charge in [0.05, 0.1) is 12.8 Å². The maximum absolute atomic E-state index is 12.1. The van der Waals surface area contributed by atoms with Crippen molar-refractivity contribution in [1.82, 2.24) is 10.5 Å². The van der Waals surface area contributed by atoms with Crippen molar-refractivity contribution in [1.29, 1.82) is 0 Å². The van der Waals surface area contributed by atoms with Crippen molar-refractivity contribution in [2.45, 2.75) is 20.0 Å². The Hall–Kier alpha value is -2.55. The summed E-state index contributed by atoms with van der Waals surface area (Å²) in [4.78, 5) is 12.1. The molecule has 9 heteroatoms. The minimum absolute atomic E-state index is 0. The molecule has 1 aromatic heterocycles. The van der Waals surface area contributed by atoms with Gasteiger partial charge in [-0.15, -0.1) is 12.4 Å². The second-order valence-corrected chi connectivity index (χ2v) is 7.28. The molecule has 0 spiro atoms. The van der Waals surface area contributed by atoms with Crippen LogP contribution in [0.1, 0.15) is 17.0 Å². The summed E-state index contributed by atoms with van der Waals surface area (Å²) in [6.45, 7) is 2.98. The molecule has 0 unspecified atom stereocenters. The molecule has 0 aliphatic rings. The highest BCUT2D eigenvalue weighted by Crippen LogP contribution is 2.28. The topological polar surface area (TPSA) is 85.6 Å². The lowest BCUT2D eigenvalue weighted by atomic mass is 10.2. The average Bonchev–Trinajstić information content (AvgIpc) is 3.13. The fourth-order valence-electron chi connectivity index (χ4n) is 2.65. The zero-order valence-electron chi connectivity index (χ0n) is 16.6. The van der Waals surface area contributed by atoms with Crippen molar-refractivity contribution in [3.63, 3.8) is 0 Å². The highest BCUT2D eigenvalue weighted by molar-refractivity contribution is 9.10. The zero-order chi connectivity index (χ0) is 20.6. The van der Waals surface area contributed by atoms with E-state index >= 15 is 0 Å². The number of ether oxygens (including phenoxy) is 2. The molecule has 30 heavy (non-hydrogen) atoms. The van der Waals surface area contributed by atoms with E-state index in [-0.39, 0.29) is 24.9 Å². The first kappa shape index (κ1) is 23.7. The number of hydrogen-bond donors (Lipinski definition) is 2. The number of benzene rings is 2. The lowest BCUT2D eigenvalue weighted by Crippen LogP contribution is -2.20. The van der Waals surface area contributed by atoms with Crippen molar-refractivity contribution in [2.24, 2.45) is 0 Å². The van der Waals surface area contributed by atoms with E-state index in [1.165, 1.54) is 0 Å². The minimum Gasteiger partial charge on any atom is -0.493 e. The Balaban J connectivity index is 0.00000320. The van der Waals surface area contributed by atoms with Crippen LogP contribution >= 0.6 is 28.3 Å². The van der Waals surface area contributed by atoms with Gasteiger partial charge in [0.2, 0.25) is 0 Å². The number of carbonyl (C=O) groups excluding carboxylic acids is 1. The van der Waals surface area contributed by atoms with E-state index in [2.05, 4.69) is 31.7 Å². The number of hydrogen-bond acceptors (Lipinski definition) is 6. The molecule has 0 saturated heterocycles. The van der Waals surface area contributed by atoms with Gasteiger partial charge in [0, 0.05) is 29.3 Å². The van der Waals surface area contributed by atoms with Crippen molar-refractivity contribution in [3.05, 3.63) is 70.0 Å². The first-order valence-corrected chi connectivity index (χ1v) is 9.81. The summed E-state index contributed by atoms with van der Waals surface area (Å²) in [6, 6.07) is 14.8. The molecule has 0 fully saturated rings. The van der Waals surface area contributed by atoms with E-state index in [1.807, 2.05) is 49.4 Å². The molecule has 0 aliphatic carbocycles. The summed E-state index contributed by atoms with van der Waals surface area (Å²) in [5, 5.41) is 10.0. The number of rotatable bonds is 9. The fraction of sp³-hybridized carbons (Fsp3) is 0.238. The molecule has 7 nitrogen and oxygen atoms in total. The Bertz CT molecular complexity index is 963. The van der Waals surface area contributed by atoms with Crippen LogP contribution in [0.2, 0.25) is 0 Å². The van der Waals surface area contributed by atoms with Gasteiger partial charge in [-0.2, -0.15) is 0 Å². The van der Waals surface area contributed by atoms with Gasteiger partial charge in [0.25, 0.3) is 5.91 Å². The number of nitrogens with one attached hydrogen (secondary N) is 2. The monoisotopic (exact) mass is 495 g/mol. The molecule has 0 radical (unpaired) electrons. The fourth-order valence-corrected chi connectivity index (χ4v) is 2.92. The number of methoxy groups -OCH3 is 1. The minimum atomic E-state index is -0.247. The van der Waals surface area contributed by atoms with Crippen LogP contribution in [0, 0.1) is 6.92 Å². The predicted molar refractivity (Wildman–Crippen MR) is 120 cm³/mol. The second kappa shape index (κ2) is 11.6. The number of halogens is 2. The van der Waals surface area contributed by atoms with E-state index in [0.717, 1.165) is 21.5 Å². The SMILES string of the molecule is COc1cc(CNCc2cc(C)on2)ccc1OCC(=O)Nc1ccc(Br)cc1.Cl. The van der Waals surface area contributed by atoms with Crippen LogP contribution in [0.15, 0.2) is 57.5 Å². The van der Waals surface area contributed by atoms with E-state index in [0.29, 0.717) is 30.3 Å². The second-order valence-electron chi connectivity index (χ2n) is 6.36. The average molecular weight is 497 g/mol. The van der Waals surface area contributed by atoms with Crippen LogP contribution in [-0.4, -0.2) is 24.8 Å². The Morgan fingerprint density at radius 1 is 1.10 bits per heavy atom. The van der Waals surface area contributed by atoms with Gasteiger partial charge in [0.1, 0.15) is 5.76 Å². The lowest BCUT2D eigenvalue weighted by molar-refractivity contribution is -0.118. The summed E-state index contributed by atoms with van der Waals surface area (Å²) in [5.41, 5.74) is 2.58. The smallest absolute Gasteiger partial charge is 0.262 e. The molecule has 3 rings (SSSR count). The molecule has 160 valence electrons. The summed E-state index contributed by atoms with van der Waals surface area (Å²) in [6.07, 6.45) is 0. The third-order valence-electron chi connectivity index (χ3n) is 4.03. The first-order valence-electron chi connectivity index (χ1n) is 9.01. The Morgan fingerprint density at radius 2 is 1.87 bits per heavy atom. The predicted octanol–water partition coefficient (Wildman–Crippen LogP) is 4.48. The van der Waals surface area contributed by atoms with E-state index in [4.69, 9.17) is 14.0 Å². The Kier molecular flexibility index (Phi) is 9.16. The summed E-state index contributed by atoms with van der Waals surface area (Å²) >= 11 is 3.36. The molecule has 0 atom stereocenters. The van der Waals surface area contributed by atoms with Crippen LogP contribution in [0.4, 0.5) is 5.69 Å². The van der Waals surface area contributed by atoms with E-state index in [1.54, 1.807) is 13.2 Å². The number of aryl methyl sites for hydroxylation is 1. The number of amides is 1. The molecule has 1 amide bonds. The summed E-state index contributed by atoms with van der Waals surface area (Å²) < 4.78 is 17.0. The standard InChI is InChI=1S/C21H22BrN3O4.ClH/c1-14-9-18(25-29-14)12-23-11-15-3-8-19(20(10-15)27-2)28-13-21(26)24-17-6-4-16(22)5-7-17;/h3-10,23H,11-13H2,1-2H3,(H,24,26);1H. The van der Waals surface area contributed by atoms with E-state index < -0.39 is 0 Å². The van der Waals surface area contributed by atoms with Gasteiger partial charge in [-0.05, 0) is 48.9 Å². The lowest BCUT2D eigenvalue weighted by Gasteiger charge is -2.12. The molecular weight excluding hydrogens is 474 g/mol. The molecule has 1 heterocycles. The van der Waals surface area contributed by atoms with Crippen LogP contribution < -0.4 is 20.1 Å². The van der Waals surface area contributed by atoms with Crippen molar-refractivity contribution < 1.29 is 18.8 Å². The van der Waals surface area contributed by atoms with Crippen LogP contribution in [0.3, 0.4) is 0 Å². The normalized spacial score (nSPS) is 10.2. The van der Waals surface area contributed by atoms with Crippen molar-refractivity contribution in [2.75, 3.05) is 19.0 Å². The largest absolute Gasteiger partial charge is 0.493 e. The summed E-state index contributed by atoms with van der Waals surface area (Å²) in [7, 11) is 1.57. The summed E-state index contributed by atoms with van der Waals surface area (Å²) in [5.74, 6) is 1.62. The molecule has 0 bridgehead atoms. The quantitative estimate of drug-likeness (QED) is 0.454. The van der Waals surface area contributed by atoms with E-state index in [9.17, 15) is 4.79 Å². The van der Waals surface area contributed by atoms with Gasteiger partial charge < -0.3 is 24.6 Å². The first-order chi connectivity index (χ1) is 14.0. The third-order valence-corrected chi connectivity index (χ3v) is 4.56. The maximum Gasteiger partial charge on any atom is 0.262 e. The third kappa shape index (κ3) is 7.05. The Morgan fingerprint density at radius 3 is 2.53 bits per heavy atom.